The van der Waals surface area contributed by atoms with Gasteiger partial charge in [-0.2, -0.15) is 0 Å². The molecule has 21 heavy (non-hydrogen) atoms. The van der Waals surface area contributed by atoms with Crippen LogP contribution >= 0.6 is 11.8 Å². The highest BCUT2D eigenvalue weighted by Crippen LogP contribution is 2.37. The Morgan fingerprint density at radius 3 is 2.62 bits per heavy atom. The molecular formula is C15H26N4OS. The highest BCUT2D eigenvalue weighted by Gasteiger charge is 2.26. The Morgan fingerprint density at radius 2 is 2.05 bits per heavy atom. The van der Waals surface area contributed by atoms with E-state index in [1.54, 1.807) is 6.33 Å². The van der Waals surface area contributed by atoms with E-state index in [-0.39, 0.29) is 5.91 Å². The largest absolute Gasteiger partial charge is 0.355 e. The van der Waals surface area contributed by atoms with Gasteiger partial charge in [0.1, 0.15) is 6.33 Å². The third kappa shape index (κ3) is 4.73. The molecule has 0 aliphatic heterocycles. The van der Waals surface area contributed by atoms with Crippen molar-refractivity contribution in [3.05, 3.63) is 6.33 Å². The molecule has 1 fully saturated rings. The molecule has 1 amide bonds. The number of rotatable bonds is 8. The molecular weight excluding hydrogens is 284 g/mol. The van der Waals surface area contributed by atoms with Crippen molar-refractivity contribution in [2.24, 2.45) is 17.8 Å². The Balaban J connectivity index is 1.75. The first-order valence-electron chi connectivity index (χ1n) is 7.78. The van der Waals surface area contributed by atoms with Gasteiger partial charge in [-0.3, -0.25) is 4.79 Å². The summed E-state index contributed by atoms with van der Waals surface area (Å²) in [5, 5.41) is 12.0. The first-order chi connectivity index (χ1) is 9.99. The lowest BCUT2D eigenvalue weighted by Crippen LogP contribution is -2.34. The minimum absolute atomic E-state index is 0.0802. The maximum Gasteiger partial charge on any atom is 0.230 e. The Kier molecular flexibility index (Phi) is 5.67. The van der Waals surface area contributed by atoms with Crippen molar-refractivity contribution in [3.8, 4) is 0 Å². The van der Waals surface area contributed by atoms with Crippen molar-refractivity contribution in [1.82, 2.24) is 20.1 Å². The number of nitrogens with zero attached hydrogens (tertiary/aromatic N) is 3. The average molecular weight is 310 g/mol. The number of carbonyl (C=O) groups excluding carboxylic acids is 1. The predicted molar refractivity (Wildman–Crippen MR) is 85.2 cm³/mol. The topological polar surface area (TPSA) is 59.8 Å². The van der Waals surface area contributed by atoms with Crippen molar-refractivity contribution in [3.63, 3.8) is 0 Å². The molecule has 6 heteroatoms. The molecule has 1 N–H and O–H groups in total. The van der Waals surface area contributed by atoms with Gasteiger partial charge in [-0.05, 0) is 30.6 Å². The van der Waals surface area contributed by atoms with Gasteiger partial charge in [-0.15, -0.1) is 10.2 Å². The quantitative estimate of drug-likeness (QED) is 0.750. The lowest BCUT2D eigenvalue weighted by Gasteiger charge is -2.25. The van der Waals surface area contributed by atoms with Gasteiger partial charge >= 0.3 is 0 Å². The number of nitrogens with one attached hydrogen (secondary N) is 1. The molecule has 118 valence electrons. The lowest BCUT2D eigenvalue weighted by atomic mass is 9.85. The van der Waals surface area contributed by atoms with Crippen molar-refractivity contribution in [1.29, 1.82) is 0 Å². The van der Waals surface area contributed by atoms with Gasteiger partial charge in [-0.1, -0.05) is 39.5 Å². The smallest absolute Gasteiger partial charge is 0.230 e. The molecule has 1 saturated carbocycles. The summed E-state index contributed by atoms with van der Waals surface area (Å²) in [7, 11) is 0. The van der Waals surface area contributed by atoms with Gasteiger partial charge in [-0.25, -0.2) is 0 Å². The van der Waals surface area contributed by atoms with Crippen LogP contribution in [0.3, 0.4) is 0 Å². The van der Waals surface area contributed by atoms with E-state index >= 15 is 0 Å². The standard InChI is InChI=1S/C15H26N4OS/c1-10(2)13(11(3)4)7-16-14(20)8-21-15-18-17-9-19(15)12-5-6-12/h9-13H,5-8H2,1-4H3,(H,16,20). The SMILES string of the molecule is CC(C)C(CNC(=O)CSc1nncn1C1CC1)C(C)C. The second-order valence-corrected chi connectivity index (χ2v) is 7.44. The molecule has 0 unspecified atom stereocenters. The molecule has 0 atom stereocenters. The molecule has 1 aliphatic carbocycles. The Labute approximate surface area is 131 Å². The van der Waals surface area contributed by atoms with E-state index in [0.717, 1.165) is 11.7 Å². The van der Waals surface area contributed by atoms with E-state index in [1.807, 2.05) is 0 Å². The second-order valence-electron chi connectivity index (χ2n) is 6.50. The van der Waals surface area contributed by atoms with Gasteiger partial charge in [0.15, 0.2) is 5.16 Å². The van der Waals surface area contributed by atoms with Crippen LogP contribution in [0, 0.1) is 17.8 Å². The lowest BCUT2D eigenvalue weighted by molar-refractivity contribution is -0.118. The number of carbonyl (C=O) groups is 1. The molecule has 5 nitrogen and oxygen atoms in total. The molecule has 0 radical (unpaired) electrons. The van der Waals surface area contributed by atoms with Crippen LogP contribution in [-0.4, -0.2) is 33.0 Å². The van der Waals surface area contributed by atoms with E-state index < -0.39 is 0 Å². The van der Waals surface area contributed by atoms with Crippen LogP contribution < -0.4 is 5.32 Å². The zero-order valence-electron chi connectivity index (χ0n) is 13.4. The van der Waals surface area contributed by atoms with Crippen LogP contribution in [0.1, 0.15) is 46.6 Å². The number of hydrogen-bond donors (Lipinski definition) is 1. The summed E-state index contributed by atoms with van der Waals surface area (Å²) >= 11 is 1.48. The maximum atomic E-state index is 12.0. The summed E-state index contributed by atoms with van der Waals surface area (Å²) in [6.07, 6.45) is 4.16. The van der Waals surface area contributed by atoms with E-state index in [2.05, 4.69) is 47.8 Å². The van der Waals surface area contributed by atoms with Crippen LogP contribution in [-0.2, 0) is 4.79 Å². The van der Waals surface area contributed by atoms with Crippen molar-refractivity contribution < 1.29 is 4.79 Å². The van der Waals surface area contributed by atoms with E-state index in [9.17, 15) is 4.79 Å². The minimum Gasteiger partial charge on any atom is -0.355 e. The normalized spacial score (nSPS) is 15.2. The highest BCUT2D eigenvalue weighted by molar-refractivity contribution is 7.99. The number of amides is 1. The first kappa shape index (κ1) is 16.3. The van der Waals surface area contributed by atoms with Gasteiger partial charge in [0, 0.05) is 12.6 Å². The maximum absolute atomic E-state index is 12.0. The Bertz CT molecular complexity index is 460. The van der Waals surface area contributed by atoms with Crippen molar-refractivity contribution in [2.45, 2.75) is 51.7 Å². The van der Waals surface area contributed by atoms with Crippen LogP contribution in [0.4, 0.5) is 0 Å². The third-order valence-corrected chi connectivity index (χ3v) is 5.02. The summed E-state index contributed by atoms with van der Waals surface area (Å²) in [4.78, 5) is 12.0. The highest BCUT2D eigenvalue weighted by atomic mass is 32.2. The zero-order valence-corrected chi connectivity index (χ0v) is 14.2. The summed E-state index contributed by atoms with van der Waals surface area (Å²) in [6, 6.07) is 0.553. The summed E-state index contributed by atoms with van der Waals surface area (Å²) < 4.78 is 2.09. The molecule has 0 saturated heterocycles. The monoisotopic (exact) mass is 310 g/mol. The van der Waals surface area contributed by atoms with Crippen LogP contribution in [0.2, 0.25) is 0 Å². The summed E-state index contributed by atoms with van der Waals surface area (Å²) in [6.45, 7) is 9.60. The number of thioether (sulfide) groups is 1. The fourth-order valence-corrected chi connectivity index (χ4v) is 3.40. The summed E-state index contributed by atoms with van der Waals surface area (Å²) in [5.41, 5.74) is 0. The van der Waals surface area contributed by atoms with Crippen molar-refractivity contribution >= 4 is 17.7 Å². The number of hydrogen-bond acceptors (Lipinski definition) is 4. The van der Waals surface area contributed by atoms with Gasteiger partial charge in [0.25, 0.3) is 0 Å². The molecule has 1 aromatic rings. The van der Waals surface area contributed by atoms with Crippen molar-refractivity contribution in [2.75, 3.05) is 12.3 Å². The second kappa shape index (κ2) is 7.29. The average Bonchev–Trinajstić information content (AvgIpc) is 3.14. The van der Waals surface area contributed by atoms with Gasteiger partial charge < -0.3 is 9.88 Å². The van der Waals surface area contributed by atoms with Crippen LogP contribution in [0.15, 0.2) is 11.5 Å². The Hall–Kier alpha value is -1.04. The van der Waals surface area contributed by atoms with E-state index in [0.29, 0.717) is 29.5 Å². The predicted octanol–water partition coefficient (Wildman–Crippen LogP) is 2.75. The van der Waals surface area contributed by atoms with Gasteiger partial charge in [0.2, 0.25) is 5.91 Å². The molecule has 1 aromatic heterocycles. The Morgan fingerprint density at radius 1 is 1.38 bits per heavy atom. The molecule has 1 heterocycles. The molecule has 0 bridgehead atoms. The first-order valence-corrected chi connectivity index (χ1v) is 8.76. The third-order valence-electron chi connectivity index (χ3n) is 4.06. The van der Waals surface area contributed by atoms with Crippen LogP contribution in [0.25, 0.3) is 0 Å². The van der Waals surface area contributed by atoms with Crippen LogP contribution in [0.5, 0.6) is 0 Å². The van der Waals surface area contributed by atoms with Gasteiger partial charge in [0.05, 0.1) is 5.75 Å². The van der Waals surface area contributed by atoms with E-state index in [4.69, 9.17) is 0 Å². The molecule has 1 aliphatic rings. The van der Waals surface area contributed by atoms with E-state index in [1.165, 1.54) is 24.6 Å². The fourth-order valence-electron chi connectivity index (χ4n) is 2.59. The zero-order chi connectivity index (χ0) is 15.4. The molecule has 0 aromatic carbocycles. The minimum atomic E-state index is 0.0802. The number of aromatic nitrogens is 3. The molecule has 0 spiro atoms. The summed E-state index contributed by atoms with van der Waals surface area (Å²) in [5.74, 6) is 2.17. The molecule has 2 rings (SSSR count). The fraction of sp³-hybridized carbons (Fsp3) is 0.800.